The molecule has 2 N–H and O–H groups in total. The van der Waals surface area contributed by atoms with Crippen LogP contribution in [-0.2, 0) is 11.2 Å². The van der Waals surface area contributed by atoms with Crippen LogP contribution in [0.5, 0.6) is 0 Å². The van der Waals surface area contributed by atoms with E-state index < -0.39 is 0 Å². The van der Waals surface area contributed by atoms with Crippen LogP contribution in [0.2, 0.25) is 0 Å². The minimum absolute atomic E-state index is 0.0143. The van der Waals surface area contributed by atoms with Crippen LogP contribution in [0.25, 0.3) is 0 Å². The number of nitrogens with one attached hydrogen (secondary N) is 2. The first-order chi connectivity index (χ1) is 10.6. The molecule has 0 spiro atoms. The zero-order valence-corrected chi connectivity index (χ0v) is 13.2. The molecule has 1 aromatic heterocycles. The minimum atomic E-state index is -0.234. The molecule has 1 aromatic carbocycles. The first-order valence-electron chi connectivity index (χ1n) is 7.37. The van der Waals surface area contributed by atoms with E-state index in [2.05, 4.69) is 15.6 Å². The molecule has 3 rings (SSSR count). The van der Waals surface area contributed by atoms with Gasteiger partial charge in [0.1, 0.15) is 5.82 Å². The molecule has 1 unspecified atom stereocenters. The number of hydrogen-bond acceptors (Lipinski definition) is 4. The first-order valence-corrected chi connectivity index (χ1v) is 8.18. The maximum Gasteiger partial charge on any atom is 0.243 e. The molecule has 1 fully saturated rings. The summed E-state index contributed by atoms with van der Waals surface area (Å²) in [5.74, 6) is -0.249. The SMILES string of the molecule is Cc1nc(NC(=O)C2CCCN2)sc1Cc1ccc(F)cc1. The molecular formula is C16H18FN3OS. The summed E-state index contributed by atoms with van der Waals surface area (Å²) in [4.78, 5) is 17.6. The number of aromatic nitrogens is 1. The molecular weight excluding hydrogens is 301 g/mol. The first kappa shape index (κ1) is 15.1. The topological polar surface area (TPSA) is 54.0 Å². The van der Waals surface area contributed by atoms with Crippen LogP contribution >= 0.6 is 11.3 Å². The van der Waals surface area contributed by atoms with Crippen LogP contribution in [0, 0.1) is 12.7 Å². The van der Waals surface area contributed by atoms with Crippen LogP contribution in [-0.4, -0.2) is 23.5 Å². The number of thiazole rings is 1. The zero-order valence-electron chi connectivity index (χ0n) is 12.4. The number of benzene rings is 1. The molecule has 1 amide bonds. The lowest BCUT2D eigenvalue weighted by Crippen LogP contribution is -2.35. The van der Waals surface area contributed by atoms with E-state index in [9.17, 15) is 9.18 Å². The maximum absolute atomic E-state index is 12.9. The number of amides is 1. The van der Waals surface area contributed by atoms with Crippen LogP contribution in [0.4, 0.5) is 9.52 Å². The molecule has 2 heterocycles. The highest BCUT2D eigenvalue weighted by Crippen LogP contribution is 2.25. The molecule has 1 aliphatic heterocycles. The van der Waals surface area contributed by atoms with Crippen molar-refractivity contribution in [3.05, 3.63) is 46.2 Å². The smallest absolute Gasteiger partial charge is 0.243 e. The van der Waals surface area contributed by atoms with Gasteiger partial charge in [-0.15, -0.1) is 11.3 Å². The lowest BCUT2D eigenvalue weighted by atomic mass is 10.1. The largest absolute Gasteiger partial charge is 0.306 e. The number of aryl methyl sites for hydroxylation is 1. The zero-order chi connectivity index (χ0) is 15.5. The fraction of sp³-hybridized carbons (Fsp3) is 0.375. The fourth-order valence-electron chi connectivity index (χ4n) is 2.53. The van der Waals surface area contributed by atoms with Gasteiger partial charge >= 0.3 is 0 Å². The second kappa shape index (κ2) is 6.54. The Hall–Kier alpha value is -1.79. The van der Waals surface area contributed by atoms with Gasteiger partial charge in [-0.2, -0.15) is 0 Å². The lowest BCUT2D eigenvalue weighted by molar-refractivity contribution is -0.117. The Kier molecular flexibility index (Phi) is 4.49. The molecule has 0 aliphatic carbocycles. The molecule has 1 atom stereocenters. The normalized spacial score (nSPS) is 17.6. The third-order valence-electron chi connectivity index (χ3n) is 3.78. The quantitative estimate of drug-likeness (QED) is 0.911. The van der Waals surface area contributed by atoms with E-state index in [4.69, 9.17) is 0 Å². The van der Waals surface area contributed by atoms with Crippen molar-refractivity contribution in [2.24, 2.45) is 0 Å². The summed E-state index contributed by atoms with van der Waals surface area (Å²) in [5.41, 5.74) is 1.94. The average Bonchev–Trinajstić information content (AvgIpc) is 3.12. The summed E-state index contributed by atoms with van der Waals surface area (Å²) in [6, 6.07) is 6.36. The van der Waals surface area contributed by atoms with Crippen molar-refractivity contribution < 1.29 is 9.18 Å². The Balaban J connectivity index is 1.67. The second-order valence-electron chi connectivity index (χ2n) is 5.47. The number of halogens is 1. The molecule has 116 valence electrons. The molecule has 22 heavy (non-hydrogen) atoms. The highest BCUT2D eigenvalue weighted by molar-refractivity contribution is 7.15. The maximum atomic E-state index is 12.9. The minimum Gasteiger partial charge on any atom is -0.306 e. The lowest BCUT2D eigenvalue weighted by Gasteiger charge is -2.08. The Morgan fingerprint density at radius 2 is 2.23 bits per heavy atom. The Bertz CT molecular complexity index is 663. The van der Waals surface area contributed by atoms with Gasteiger partial charge in [0.2, 0.25) is 5.91 Å². The number of nitrogens with zero attached hydrogens (tertiary/aromatic N) is 1. The van der Waals surface area contributed by atoms with Crippen molar-refractivity contribution >= 4 is 22.4 Å². The van der Waals surface area contributed by atoms with Gasteiger partial charge in [-0.25, -0.2) is 9.37 Å². The summed E-state index contributed by atoms with van der Waals surface area (Å²) in [5, 5.41) is 6.69. The molecule has 0 bridgehead atoms. The molecule has 2 aromatic rings. The highest BCUT2D eigenvalue weighted by atomic mass is 32.1. The van der Waals surface area contributed by atoms with Crippen LogP contribution in [0.1, 0.15) is 29.0 Å². The third kappa shape index (κ3) is 3.51. The highest BCUT2D eigenvalue weighted by Gasteiger charge is 2.23. The molecule has 0 saturated carbocycles. The second-order valence-corrected chi connectivity index (χ2v) is 6.55. The van der Waals surface area contributed by atoms with Gasteiger partial charge in [-0.3, -0.25) is 4.79 Å². The van der Waals surface area contributed by atoms with E-state index in [1.54, 1.807) is 12.1 Å². The fourth-order valence-corrected chi connectivity index (χ4v) is 3.53. The Morgan fingerprint density at radius 1 is 1.45 bits per heavy atom. The summed E-state index contributed by atoms with van der Waals surface area (Å²) < 4.78 is 12.9. The van der Waals surface area contributed by atoms with Crippen molar-refractivity contribution in [3.63, 3.8) is 0 Å². The van der Waals surface area contributed by atoms with Crippen molar-refractivity contribution in [3.8, 4) is 0 Å². The van der Waals surface area contributed by atoms with Gasteiger partial charge in [0, 0.05) is 11.3 Å². The molecule has 1 saturated heterocycles. The van der Waals surface area contributed by atoms with E-state index in [1.807, 2.05) is 6.92 Å². The monoisotopic (exact) mass is 319 g/mol. The van der Waals surface area contributed by atoms with Gasteiger partial charge < -0.3 is 10.6 Å². The van der Waals surface area contributed by atoms with Crippen LogP contribution in [0.15, 0.2) is 24.3 Å². The molecule has 1 aliphatic rings. The van der Waals surface area contributed by atoms with E-state index in [1.165, 1.54) is 23.5 Å². The van der Waals surface area contributed by atoms with E-state index in [-0.39, 0.29) is 17.8 Å². The van der Waals surface area contributed by atoms with Gasteiger partial charge in [0.15, 0.2) is 5.13 Å². The Morgan fingerprint density at radius 3 is 2.91 bits per heavy atom. The van der Waals surface area contributed by atoms with E-state index in [0.717, 1.165) is 35.5 Å². The van der Waals surface area contributed by atoms with Crippen LogP contribution < -0.4 is 10.6 Å². The van der Waals surface area contributed by atoms with E-state index in [0.29, 0.717) is 11.6 Å². The summed E-state index contributed by atoms with van der Waals surface area (Å²) in [6.07, 6.45) is 2.60. The number of anilines is 1. The molecule has 4 nitrogen and oxygen atoms in total. The van der Waals surface area contributed by atoms with Crippen molar-refractivity contribution in [1.82, 2.24) is 10.3 Å². The van der Waals surface area contributed by atoms with Crippen molar-refractivity contribution in [2.75, 3.05) is 11.9 Å². The third-order valence-corrected chi connectivity index (χ3v) is 4.85. The summed E-state index contributed by atoms with van der Waals surface area (Å²) in [7, 11) is 0. The predicted molar refractivity (Wildman–Crippen MR) is 85.7 cm³/mol. The number of hydrogen-bond donors (Lipinski definition) is 2. The van der Waals surface area contributed by atoms with Gasteiger partial charge in [-0.1, -0.05) is 12.1 Å². The number of rotatable bonds is 4. The van der Waals surface area contributed by atoms with Gasteiger partial charge in [0.25, 0.3) is 0 Å². The van der Waals surface area contributed by atoms with Crippen molar-refractivity contribution in [1.29, 1.82) is 0 Å². The molecule has 0 radical (unpaired) electrons. The molecule has 6 heteroatoms. The number of carbonyl (C=O) groups excluding carboxylic acids is 1. The van der Waals surface area contributed by atoms with Gasteiger partial charge in [-0.05, 0) is 44.0 Å². The van der Waals surface area contributed by atoms with E-state index >= 15 is 0 Å². The predicted octanol–water partition coefficient (Wildman–Crippen LogP) is 2.87. The van der Waals surface area contributed by atoms with Gasteiger partial charge in [0.05, 0.1) is 11.7 Å². The summed E-state index contributed by atoms with van der Waals surface area (Å²) >= 11 is 1.48. The Labute approximate surface area is 132 Å². The standard InChI is InChI=1S/C16H18FN3OS/c1-10-14(9-11-4-6-12(17)7-5-11)22-16(19-10)20-15(21)13-3-2-8-18-13/h4-7,13,18H,2-3,8-9H2,1H3,(H,19,20,21). The number of carbonyl (C=O) groups is 1. The average molecular weight is 319 g/mol. The summed E-state index contributed by atoms with van der Waals surface area (Å²) in [6.45, 7) is 2.82. The van der Waals surface area contributed by atoms with Crippen molar-refractivity contribution in [2.45, 2.75) is 32.2 Å². The van der Waals surface area contributed by atoms with Crippen LogP contribution in [0.3, 0.4) is 0 Å².